The number of anilines is 1. The number of benzene rings is 3. The predicted molar refractivity (Wildman–Crippen MR) is 178 cm³/mol. The summed E-state index contributed by atoms with van der Waals surface area (Å²) in [5, 5.41) is 6.17. The van der Waals surface area contributed by atoms with Crippen LogP contribution in [0.1, 0.15) is 35.3 Å². The van der Waals surface area contributed by atoms with Gasteiger partial charge in [0.1, 0.15) is 16.9 Å². The van der Waals surface area contributed by atoms with Crippen LogP contribution in [0.3, 0.4) is 0 Å². The summed E-state index contributed by atoms with van der Waals surface area (Å²) in [6.07, 6.45) is 1.70. The van der Waals surface area contributed by atoms with E-state index < -0.39 is 11.5 Å². The summed E-state index contributed by atoms with van der Waals surface area (Å²) in [7, 11) is 6.11. The number of hydrogen-bond donors (Lipinski definition) is 2. The highest BCUT2D eigenvalue weighted by atomic mass is 16.5. The van der Waals surface area contributed by atoms with Gasteiger partial charge in [0.25, 0.3) is 11.8 Å². The molecule has 4 aromatic rings. The molecule has 0 radical (unpaired) electrons. The monoisotopic (exact) mass is 629 g/mol. The van der Waals surface area contributed by atoms with E-state index in [-0.39, 0.29) is 24.6 Å². The van der Waals surface area contributed by atoms with Crippen molar-refractivity contribution in [2.45, 2.75) is 13.8 Å². The minimum atomic E-state index is -0.735. The van der Waals surface area contributed by atoms with Crippen molar-refractivity contribution >= 4 is 40.1 Å². The maximum absolute atomic E-state index is 13.5. The number of carbonyl (C=O) groups excluding carboxylic acids is 2. The van der Waals surface area contributed by atoms with Crippen molar-refractivity contribution in [3.63, 3.8) is 0 Å². The average Bonchev–Trinajstić information content (AvgIpc) is 3.08. The van der Waals surface area contributed by atoms with Gasteiger partial charge in [-0.1, -0.05) is 12.1 Å². The summed E-state index contributed by atoms with van der Waals surface area (Å²) in [6, 6.07) is 17.6. The molecule has 4 rings (SSSR count). The van der Waals surface area contributed by atoms with Crippen LogP contribution in [0.4, 0.5) is 5.69 Å². The van der Waals surface area contributed by atoms with Crippen molar-refractivity contribution in [2.75, 3.05) is 59.5 Å². The zero-order valence-electron chi connectivity index (χ0n) is 26.9. The van der Waals surface area contributed by atoms with Crippen LogP contribution in [-0.4, -0.2) is 66.4 Å². The van der Waals surface area contributed by atoms with Gasteiger partial charge in [-0.3, -0.25) is 9.59 Å². The Morgan fingerprint density at radius 2 is 1.46 bits per heavy atom. The van der Waals surface area contributed by atoms with Gasteiger partial charge in [-0.15, -0.1) is 0 Å². The van der Waals surface area contributed by atoms with E-state index in [1.54, 1.807) is 55.7 Å². The molecule has 0 aliphatic rings. The fourth-order valence-electron chi connectivity index (χ4n) is 4.99. The summed E-state index contributed by atoms with van der Waals surface area (Å²) in [6.45, 7) is 5.89. The van der Waals surface area contributed by atoms with Gasteiger partial charge in [-0.05, 0) is 73.5 Å². The first kappa shape index (κ1) is 33.4. The Morgan fingerprint density at radius 3 is 2.04 bits per heavy atom. The van der Waals surface area contributed by atoms with E-state index in [9.17, 15) is 14.4 Å². The molecular weight excluding hydrogens is 590 g/mol. The van der Waals surface area contributed by atoms with Crippen molar-refractivity contribution in [2.24, 2.45) is 0 Å². The van der Waals surface area contributed by atoms with Crippen LogP contribution in [0, 0.1) is 0 Å². The second kappa shape index (κ2) is 15.5. The van der Waals surface area contributed by atoms with E-state index in [0.29, 0.717) is 50.7 Å². The Hall–Kier alpha value is -5.45. The van der Waals surface area contributed by atoms with Crippen LogP contribution in [-0.2, 0) is 4.79 Å². The minimum absolute atomic E-state index is 0.0724. The number of ether oxygens (including phenoxy) is 4. The van der Waals surface area contributed by atoms with Crippen molar-refractivity contribution < 1.29 is 33.0 Å². The number of methoxy groups -OCH3 is 4. The molecule has 0 unspecified atom stereocenters. The first-order valence-electron chi connectivity index (χ1n) is 14.8. The topological polar surface area (TPSA) is 129 Å². The summed E-state index contributed by atoms with van der Waals surface area (Å²) in [5.41, 5.74) is 2.11. The van der Waals surface area contributed by atoms with Crippen LogP contribution in [0.15, 0.2) is 69.9 Å². The number of rotatable bonds is 14. The summed E-state index contributed by atoms with van der Waals surface area (Å²) < 4.78 is 27.1. The van der Waals surface area contributed by atoms with E-state index in [2.05, 4.69) is 15.5 Å². The van der Waals surface area contributed by atoms with E-state index in [0.717, 1.165) is 18.8 Å². The molecule has 1 aromatic heterocycles. The fraction of sp³-hybridized carbons (Fsp3) is 0.286. The van der Waals surface area contributed by atoms with E-state index in [1.165, 1.54) is 27.4 Å². The largest absolute Gasteiger partial charge is 0.497 e. The number of fused-ring (bicyclic) bond motifs is 1. The smallest absolute Gasteiger partial charge is 0.349 e. The van der Waals surface area contributed by atoms with Gasteiger partial charge in [0.2, 0.25) is 5.75 Å². The molecular formula is C35H39N3O8. The number of nitrogens with one attached hydrogen (secondary N) is 2. The van der Waals surface area contributed by atoms with Crippen molar-refractivity contribution in [1.82, 2.24) is 10.6 Å². The molecule has 11 heteroatoms. The molecule has 11 nitrogen and oxygen atoms in total. The molecule has 242 valence electrons. The van der Waals surface area contributed by atoms with Gasteiger partial charge < -0.3 is 38.9 Å². The Labute approximate surface area is 267 Å². The van der Waals surface area contributed by atoms with Gasteiger partial charge in [-0.2, -0.15) is 0 Å². The molecule has 0 aliphatic heterocycles. The Bertz CT molecular complexity index is 1750. The molecule has 0 fully saturated rings. The summed E-state index contributed by atoms with van der Waals surface area (Å²) in [4.78, 5) is 41.2. The van der Waals surface area contributed by atoms with E-state index >= 15 is 0 Å². The van der Waals surface area contributed by atoms with Crippen LogP contribution in [0.5, 0.6) is 23.0 Å². The third-order valence-corrected chi connectivity index (χ3v) is 7.43. The lowest BCUT2D eigenvalue weighted by atomic mass is 10.0. The Kier molecular flexibility index (Phi) is 11.3. The Morgan fingerprint density at radius 1 is 0.804 bits per heavy atom. The highest BCUT2D eigenvalue weighted by molar-refractivity contribution is 6.24. The molecule has 2 amide bonds. The van der Waals surface area contributed by atoms with Crippen molar-refractivity contribution in [3.05, 3.63) is 87.8 Å². The fourth-order valence-corrected chi connectivity index (χ4v) is 4.99. The SMILES string of the molecule is CCN(CC)c1ccc2cc(C(=O)NCCNC(=O)/C(=C/c3cc(OC)c(OC)c(OC)c3)c3ccc(OC)cc3)c(=O)oc2c1. The third kappa shape index (κ3) is 7.60. The molecule has 0 saturated heterocycles. The summed E-state index contributed by atoms with van der Waals surface area (Å²) >= 11 is 0. The maximum Gasteiger partial charge on any atom is 0.349 e. The highest BCUT2D eigenvalue weighted by Gasteiger charge is 2.18. The molecule has 1 heterocycles. The first-order chi connectivity index (χ1) is 22.3. The molecule has 3 aromatic carbocycles. The first-order valence-corrected chi connectivity index (χ1v) is 14.8. The molecule has 2 N–H and O–H groups in total. The maximum atomic E-state index is 13.5. The van der Waals surface area contributed by atoms with Gasteiger partial charge in [-0.25, -0.2) is 4.79 Å². The molecule has 0 atom stereocenters. The van der Waals surface area contributed by atoms with Gasteiger partial charge >= 0.3 is 5.63 Å². The minimum Gasteiger partial charge on any atom is -0.497 e. The van der Waals surface area contributed by atoms with Crippen molar-refractivity contribution in [1.29, 1.82) is 0 Å². The second-order valence-corrected chi connectivity index (χ2v) is 10.1. The quantitative estimate of drug-likeness (QED) is 0.0878. The van der Waals surface area contributed by atoms with Gasteiger partial charge in [0.05, 0.1) is 28.4 Å². The van der Waals surface area contributed by atoms with Gasteiger partial charge in [0, 0.05) is 48.9 Å². The second-order valence-electron chi connectivity index (χ2n) is 10.1. The molecule has 46 heavy (non-hydrogen) atoms. The van der Waals surface area contributed by atoms with Crippen LogP contribution >= 0.6 is 0 Å². The zero-order chi connectivity index (χ0) is 33.2. The Balaban J connectivity index is 1.50. The number of carbonyl (C=O) groups is 2. The molecule has 0 bridgehead atoms. The zero-order valence-corrected chi connectivity index (χ0v) is 26.9. The van der Waals surface area contributed by atoms with E-state index in [1.807, 2.05) is 26.0 Å². The standard InChI is InChI=1S/C35H39N3O8/c1-7-38(8-2)25-12-9-24-20-28(35(41)46-29(24)21-25)34(40)37-16-15-36-33(39)27(23-10-13-26(42-3)14-11-23)17-22-18-30(43-4)32(45-6)31(19-22)44-5/h9-14,17-21H,7-8,15-16H2,1-6H3,(H,36,39)(H,37,40)/b27-17+. The summed E-state index contributed by atoms with van der Waals surface area (Å²) in [5.74, 6) is 0.962. The lowest BCUT2D eigenvalue weighted by Gasteiger charge is -2.21. The van der Waals surface area contributed by atoms with Gasteiger partial charge in [0.15, 0.2) is 11.5 Å². The highest BCUT2D eigenvalue weighted by Crippen LogP contribution is 2.39. The molecule has 0 spiro atoms. The molecule has 0 saturated carbocycles. The average molecular weight is 630 g/mol. The lowest BCUT2D eigenvalue weighted by Crippen LogP contribution is -2.36. The molecule has 0 aliphatic carbocycles. The van der Waals surface area contributed by atoms with Crippen molar-refractivity contribution in [3.8, 4) is 23.0 Å². The number of hydrogen-bond acceptors (Lipinski definition) is 9. The normalized spacial score (nSPS) is 11.1. The van der Waals surface area contributed by atoms with Crippen LogP contribution < -0.4 is 40.1 Å². The lowest BCUT2D eigenvalue weighted by molar-refractivity contribution is -0.115. The van der Waals surface area contributed by atoms with Crippen LogP contribution in [0.2, 0.25) is 0 Å². The number of amides is 2. The van der Waals surface area contributed by atoms with Crippen LogP contribution in [0.25, 0.3) is 22.6 Å². The van der Waals surface area contributed by atoms with E-state index in [4.69, 9.17) is 23.4 Å². The predicted octanol–water partition coefficient (Wildman–Crippen LogP) is 4.76. The number of nitrogens with zero attached hydrogens (tertiary/aromatic N) is 1. The third-order valence-electron chi connectivity index (χ3n) is 7.43.